The molecule has 2 aromatic carbocycles. The molecule has 3 heterocycles. The van der Waals surface area contributed by atoms with Crippen LogP contribution in [0.1, 0.15) is 17.3 Å². The van der Waals surface area contributed by atoms with Crippen molar-refractivity contribution in [2.45, 2.75) is 6.92 Å². The summed E-state index contributed by atoms with van der Waals surface area (Å²) in [7, 11) is 1.60. The molecule has 190 valence electrons. The van der Waals surface area contributed by atoms with Crippen LogP contribution in [-0.4, -0.2) is 38.4 Å². The maximum Gasteiger partial charge on any atom is 0.281 e. The lowest BCUT2D eigenvalue weighted by Crippen LogP contribution is -2.41. The fourth-order valence-electron chi connectivity index (χ4n) is 4.12. The van der Waals surface area contributed by atoms with E-state index < -0.39 is 11.8 Å². The number of hydrogen-bond donors (Lipinski definition) is 2. The van der Waals surface area contributed by atoms with E-state index in [1.165, 1.54) is 16.4 Å². The number of hydrogen-bond acceptors (Lipinski definition) is 6. The number of benzene rings is 2. The van der Waals surface area contributed by atoms with Crippen LogP contribution in [-0.2, 0) is 4.79 Å². The maximum atomic E-state index is 13.9. The van der Waals surface area contributed by atoms with E-state index in [9.17, 15) is 9.59 Å². The number of halogens is 2. The number of nitrogens with one attached hydrogen (secondary N) is 2. The minimum Gasteiger partial charge on any atom is -0.309 e. The molecule has 0 saturated carbocycles. The maximum absolute atomic E-state index is 13.9. The van der Waals surface area contributed by atoms with Gasteiger partial charge >= 0.3 is 0 Å². The van der Waals surface area contributed by atoms with Crippen molar-refractivity contribution in [3.8, 4) is 22.4 Å². The fraction of sp³-hybridized carbons (Fsp3) is 0.0741. The smallest absolute Gasteiger partial charge is 0.281 e. The second kappa shape index (κ2) is 10.6. The van der Waals surface area contributed by atoms with Crippen molar-refractivity contribution in [1.82, 2.24) is 25.0 Å². The predicted molar refractivity (Wildman–Crippen MR) is 148 cm³/mol. The van der Waals surface area contributed by atoms with Crippen LogP contribution in [0.15, 0.2) is 79.1 Å². The Morgan fingerprint density at radius 3 is 2.32 bits per heavy atom. The fourth-order valence-corrected chi connectivity index (χ4v) is 4.48. The minimum atomic E-state index is -0.509. The van der Waals surface area contributed by atoms with Crippen molar-refractivity contribution in [3.63, 3.8) is 0 Å². The van der Waals surface area contributed by atoms with E-state index in [0.29, 0.717) is 27.1 Å². The van der Waals surface area contributed by atoms with E-state index in [0.717, 1.165) is 11.1 Å². The highest BCUT2D eigenvalue weighted by Gasteiger charge is 2.29. The molecule has 0 aliphatic heterocycles. The Morgan fingerprint density at radius 2 is 1.66 bits per heavy atom. The molecule has 3 aromatic heterocycles. The molecule has 2 amide bonds. The zero-order chi connectivity index (χ0) is 26.8. The summed E-state index contributed by atoms with van der Waals surface area (Å²) in [6.45, 7) is 1.34. The Bertz CT molecular complexity index is 1650. The quantitative estimate of drug-likeness (QED) is 0.273. The summed E-state index contributed by atoms with van der Waals surface area (Å²) in [5, 5.41) is 9.67. The van der Waals surface area contributed by atoms with Crippen LogP contribution in [0.25, 0.3) is 28.0 Å². The largest absolute Gasteiger partial charge is 0.309 e. The number of carbonyl (C=O) groups is 2. The molecule has 9 nitrogen and oxygen atoms in total. The molecule has 0 spiro atoms. The summed E-state index contributed by atoms with van der Waals surface area (Å²) in [5.41, 5.74) is 5.94. The molecular formula is C27H21Cl2N7O2. The molecule has 0 bridgehead atoms. The molecule has 0 radical (unpaired) electrons. The van der Waals surface area contributed by atoms with E-state index in [1.807, 2.05) is 30.3 Å². The van der Waals surface area contributed by atoms with Crippen molar-refractivity contribution < 1.29 is 9.59 Å². The summed E-state index contributed by atoms with van der Waals surface area (Å²) in [5.74, 6) is -0.489. The third-order valence-electron chi connectivity index (χ3n) is 5.74. The SMILES string of the molecule is CNN(C(=O)c1c(NC(C)=O)nn2c(-c3ccc(Cl)cc3)c(-c3ccccc3Cl)cnc12)c1ccccn1. The second-order valence-corrected chi connectivity index (χ2v) is 9.04. The van der Waals surface area contributed by atoms with Crippen LogP contribution in [0.4, 0.5) is 11.6 Å². The lowest BCUT2D eigenvalue weighted by atomic mass is 10.0. The molecular weight excluding hydrogens is 525 g/mol. The highest BCUT2D eigenvalue weighted by molar-refractivity contribution is 6.33. The zero-order valence-electron chi connectivity index (χ0n) is 20.3. The van der Waals surface area contributed by atoms with Gasteiger partial charge in [-0.3, -0.25) is 9.59 Å². The van der Waals surface area contributed by atoms with E-state index in [4.69, 9.17) is 23.2 Å². The van der Waals surface area contributed by atoms with Crippen molar-refractivity contribution in [2.75, 3.05) is 17.4 Å². The molecule has 5 aromatic rings. The zero-order valence-corrected chi connectivity index (χ0v) is 21.8. The minimum absolute atomic E-state index is 0.0534. The number of nitrogens with zero attached hydrogens (tertiary/aromatic N) is 5. The average Bonchev–Trinajstić information content (AvgIpc) is 3.27. The van der Waals surface area contributed by atoms with Crippen LogP contribution < -0.4 is 15.8 Å². The molecule has 0 unspecified atom stereocenters. The van der Waals surface area contributed by atoms with Crippen molar-refractivity contribution in [2.24, 2.45) is 0 Å². The van der Waals surface area contributed by atoms with Crippen LogP contribution in [0.5, 0.6) is 0 Å². The molecule has 2 N–H and O–H groups in total. The van der Waals surface area contributed by atoms with Crippen LogP contribution in [0, 0.1) is 0 Å². The van der Waals surface area contributed by atoms with Gasteiger partial charge in [0.15, 0.2) is 11.5 Å². The highest BCUT2D eigenvalue weighted by Crippen LogP contribution is 2.37. The van der Waals surface area contributed by atoms with Gasteiger partial charge in [-0.1, -0.05) is 59.6 Å². The van der Waals surface area contributed by atoms with E-state index in [2.05, 4.69) is 25.8 Å². The van der Waals surface area contributed by atoms with Gasteiger partial charge in [0, 0.05) is 53.1 Å². The van der Waals surface area contributed by atoms with Gasteiger partial charge in [0.1, 0.15) is 11.4 Å². The number of anilines is 2. The van der Waals surface area contributed by atoms with Gasteiger partial charge in [-0.15, -0.1) is 5.10 Å². The van der Waals surface area contributed by atoms with Crippen LogP contribution in [0.3, 0.4) is 0 Å². The average molecular weight is 546 g/mol. The van der Waals surface area contributed by atoms with Gasteiger partial charge in [0.05, 0.1) is 5.69 Å². The first-order valence-corrected chi connectivity index (χ1v) is 12.3. The Hall–Kier alpha value is -4.31. The molecule has 0 fully saturated rings. The van der Waals surface area contributed by atoms with Crippen molar-refractivity contribution >= 4 is 52.3 Å². The highest BCUT2D eigenvalue weighted by atomic mass is 35.5. The number of aromatic nitrogens is 4. The summed E-state index contributed by atoms with van der Waals surface area (Å²) in [6, 6.07) is 19.7. The van der Waals surface area contributed by atoms with E-state index in [-0.39, 0.29) is 17.0 Å². The third-order valence-corrected chi connectivity index (χ3v) is 6.32. The van der Waals surface area contributed by atoms with E-state index in [1.54, 1.807) is 55.8 Å². The number of fused-ring (bicyclic) bond motifs is 1. The third kappa shape index (κ3) is 4.70. The normalized spacial score (nSPS) is 10.9. The molecule has 0 aliphatic rings. The summed E-state index contributed by atoms with van der Waals surface area (Å²) in [4.78, 5) is 34.9. The van der Waals surface area contributed by atoms with Crippen LogP contribution >= 0.6 is 23.2 Å². The molecule has 11 heteroatoms. The monoisotopic (exact) mass is 545 g/mol. The second-order valence-electron chi connectivity index (χ2n) is 8.20. The standard InChI is InChI=1S/C27H21Cl2N7O2/c1-16(37)33-25-23(27(38)35(30-2)22-9-5-6-14-31-22)26-32-15-20(19-7-3-4-8-21(19)29)24(36(26)34-25)17-10-12-18(28)13-11-17/h3-15,30H,1-2H3,(H,33,34,37). The van der Waals surface area contributed by atoms with Gasteiger partial charge in [0.25, 0.3) is 5.91 Å². The molecule has 5 rings (SSSR count). The number of amides is 2. The molecule has 0 atom stereocenters. The van der Waals surface area contributed by atoms with Gasteiger partial charge in [-0.25, -0.2) is 24.9 Å². The molecule has 38 heavy (non-hydrogen) atoms. The number of hydrazine groups is 1. The van der Waals surface area contributed by atoms with Gasteiger partial charge in [-0.2, -0.15) is 0 Å². The first kappa shape index (κ1) is 25.3. The summed E-state index contributed by atoms with van der Waals surface area (Å²) < 4.78 is 1.53. The van der Waals surface area contributed by atoms with Crippen molar-refractivity contribution in [1.29, 1.82) is 0 Å². The first-order valence-electron chi connectivity index (χ1n) is 11.5. The van der Waals surface area contributed by atoms with Gasteiger partial charge in [-0.05, 0) is 30.3 Å². The number of carbonyl (C=O) groups excluding carboxylic acids is 2. The molecule has 0 saturated heterocycles. The Morgan fingerprint density at radius 1 is 0.921 bits per heavy atom. The number of rotatable bonds is 6. The van der Waals surface area contributed by atoms with Crippen molar-refractivity contribution in [3.05, 3.63) is 94.7 Å². The van der Waals surface area contributed by atoms with E-state index >= 15 is 0 Å². The van der Waals surface area contributed by atoms with Gasteiger partial charge in [0.2, 0.25) is 5.91 Å². The topological polar surface area (TPSA) is 105 Å². The Balaban J connectivity index is 1.82. The lowest BCUT2D eigenvalue weighted by Gasteiger charge is -2.20. The lowest BCUT2D eigenvalue weighted by molar-refractivity contribution is -0.114. The Kier molecular flexibility index (Phi) is 7.06. The summed E-state index contributed by atoms with van der Waals surface area (Å²) >= 11 is 12.7. The first-order chi connectivity index (χ1) is 18.4. The Labute approximate surface area is 228 Å². The van der Waals surface area contributed by atoms with Crippen LogP contribution in [0.2, 0.25) is 10.0 Å². The summed E-state index contributed by atoms with van der Waals surface area (Å²) in [6.07, 6.45) is 3.21. The van der Waals surface area contributed by atoms with Gasteiger partial charge < -0.3 is 5.32 Å². The molecule has 0 aliphatic carbocycles. The number of pyridine rings is 1. The predicted octanol–water partition coefficient (Wildman–Crippen LogP) is 5.50.